The normalized spacial score (nSPS) is 22.6. The zero-order valence-corrected chi connectivity index (χ0v) is 22.5. The third-order valence-corrected chi connectivity index (χ3v) is 8.54. The molecule has 0 unspecified atom stereocenters. The van der Waals surface area contributed by atoms with Gasteiger partial charge in [-0.15, -0.1) is 11.3 Å². The number of halogens is 3. The van der Waals surface area contributed by atoms with Gasteiger partial charge in [-0.3, -0.25) is 4.79 Å². The number of quaternary nitrogens is 1. The maximum absolute atomic E-state index is 13.0. The van der Waals surface area contributed by atoms with Crippen molar-refractivity contribution in [2.75, 3.05) is 26.2 Å². The number of benzene rings is 2. The Morgan fingerprint density at radius 1 is 0.944 bits per heavy atom. The Labute approximate surface area is 230 Å². The largest absolute Gasteiger partial charge is 1.00 e. The highest BCUT2D eigenvalue weighted by Gasteiger charge is 2.49. The van der Waals surface area contributed by atoms with Crippen molar-refractivity contribution in [2.45, 2.75) is 25.0 Å². The summed E-state index contributed by atoms with van der Waals surface area (Å²) in [6.07, 6.45) is 0.251. The summed E-state index contributed by atoms with van der Waals surface area (Å²) in [6, 6.07) is 18.2. The predicted octanol–water partition coefficient (Wildman–Crippen LogP) is 3.79. The van der Waals surface area contributed by atoms with Crippen LogP contribution < -0.4 is 12.4 Å². The molecule has 2 aromatic carbocycles. The Morgan fingerprint density at radius 2 is 1.53 bits per heavy atom. The van der Waals surface area contributed by atoms with Gasteiger partial charge in [0.2, 0.25) is 5.78 Å². The first-order chi connectivity index (χ1) is 16.9. The lowest BCUT2D eigenvalue weighted by atomic mass is 9.83. The zero-order chi connectivity index (χ0) is 24.4. The molecule has 3 aliphatic heterocycles. The molecule has 0 aliphatic carbocycles. The molecule has 3 saturated heterocycles. The highest BCUT2D eigenvalue weighted by atomic mass is 35.5. The fourth-order valence-corrected chi connectivity index (χ4v) is 6.16. The van der Waals surface area contributed by atoms with E-state index in [0.29, 0.717) is 33.5 Å². The summed E-state index contributed by atoms with van der Waals surface area (Å²) in [4.78, 5) is 26.6. The molecular formula is C27H26Cl3NO4S. The van der Waals surface area contributed by atoms with Crippen molar-refractivity contribution in [3.05, 3.63) is 92.1 Å². The Bertz CT molecular complexity index is 1130. The van der Waals surface area contributed by atoms with Crippen molar-refractivity contribution >= 4 is 46.5 Å². The van der Waals surface area contributed by atoms with Crippen molar-refractivity contribution < 1.29 is 36.0 Å². The quantitative estimate of drug-likeness (QED) is 0.248. The van der Waals surface area contributed by atoms with Gasteiger partial charge < -0.3 is 26.4 Å². The van der Waals surface area contributed by atoms with Crippen molar-refractivity contribution in [3.63, 3.8) is 0 Å². The Morgan fingerprint density at radius 3 is 2.06 bits per heavy atom. The number of ketones is 1. The van der Waals surface area contributed by atoms with Gasteiger partial charge in [0.15, 0.2) is 12.2 Å². The minimum atomic E-state index is -0.707. The first-order valence-corrected chi connectivity index (χ1v) is 13.3. The van der Waals surface area contributed by atoms with E-state index in [9.17, 15) is 9.59 Å². The molecule has 2 bridgehead atoms. The first-order valence-electron chi connectivity index (χ1n) is 11.7. The van der Waals surface area contributed by atoms with E-state index in [1.165, 1.54) is 11.3 Å². The van der Waals surface area contributed by atoms with E-state index in [0.717, 1.165) is 41.9 Å². The summed E-state index contributed by atoms with van der Waals surface area (Å²) in [5.41, 5.74) is 1.57. The maximum atomic E-state index is 13.0. The molecule has 3 aliphatic rings. The highest BCUT2D eigenvalue weighted by molar-refractivity contribution is 7.12. The summed E-state index contributed by atoms with van der Waals surface area (Å²) < 4.78 is 12.4. The lowest BCUT2D eigenvalue weighted by Crippen LogP contribution is -3.00. The number of ether oxygens (including phenoxy) is 2. The molecule has 0 saturated carbocycles. The van der Waals surface area contributed by atoms with Gasteiger partial charge in [-0.1, -0.05) is 53.5 Å². The molecule has 5 nitrogen and oxygen atoms in total. The van der Waals surface area contributed by atoms with Gasteiger partial charge in [0.05, 0.1) is 18.0 Å². The average molecular weight is 567 g/mol. The number of carbonyl (C=O) groups is 2. The topological polar surface area (TPSA) is 52.6 Å². The molecule has 0 amide bonds. The van der Waals surface area contributed by atoms with Crippen LogP contribution in [0.4, 0.5) is 4.79 Å². The number of carbonyl (C=O) groups excluding carboxylic acids is 2. The molecule has 190 valence electrons. The van der Waals surface area contributed by atoms with E-state index in [2.05, 4.69) is 0 Å². The van der Waals surface area contributed by atoms with Crippen LogP contribution >= 0.6 is 34.5 Å². The highest BCUT2D eigenvalue weighted by Crippen LogP contribution is 2.37. The number of Topliss-reactive ketones (excluding diaryl/α,β-unsaturated/α-hetero) is 1. The molecule has 0 N–H and O–H groups in total. The van der Waals surface area contributed by atoms with Gasteiger partial charge in [0.25, 0.3) is 0 Å². The smallest absolute Gasteiger partial charge is 0.509 e. The Kier molecular flexibility index (Phi) is 8.63. The molecule has 3 fully saturated rings. The summed E-state index contributed by atoms with van der Waals surface area (Å²) in [5.74, 6) is 0.455. The van der Waals surface area contributed by atoms with Crippen molar-refractivity contribution in [1.82, 2.24) is 0 Å². The van der Waals surface area contributed by atoms with E-state index in [1.54, 1.807) is 24.3 Å². The molecule has 1 atom stereocenters. The monoisotopic (exact) mass is 565 g/mol. The van der Waals surface area contributed by atoms with Crippen LogP contribution in [0.25, 0.3) is 0 Å². The van der Waals surface area contributed by atoms with Crippen LogP contribution in [-0.4, -0.2) is 48.7 Å². The standard InChI is InChI=1S/C27H26Cl2NO4S.ClH/c28-21-7-3-19(4-8-21)26(20-5-9-22(29)10-6-20)34-27(32)33-24-17-30(13-11-18(24)12-14-30)16-23(31)25-2-1-15-35-25;/h1-10,15,18,24,26H,11-14,16-17H2;1H/q+1;/p-1/t18?,24-,30?;/m0./s1. The first kappa shape index (κ1) is 27.0. The van der Waals surface area contributed by atoms with Crippen LogP contribution in [0.1, 0.15) is 39.7 Å². The van der Waals surface area contributed by atoms with E-state index in [4.69, 9.17) is 32.7 Å². The summed E-state index contributed by atoms with van der Waals surface area (Å²) in [7, 11) is 0. The second-order valence-electron chi connectivity index (χ2n) is 9.37. The van der Waals surface area contributed by atoms with Crippen LogP contribution in [0, 0.1) is 5.92 Å². The van der Waals surface area contributed by atoms with Crippen molar-refractivity contribution in [2.24, 2.45) is 5.92 Å². The SMILES string of the molecule is O=C(OC(c1ccc(Cl)cc1)c1ccc(Cl)cc1)O[C@H]1C[N+]2(CC(=O)c3cccs3)CCC1CC2.[Cl-]. The number of hydrogen-bond acceptors (Lipinski definition) is 5. The van der Waals surface area contributed by atoms with Gasteiger partial charge >= 0.3 is 6.16 Å². The molecule has 6 rings (SSSR count). The van der Waals surface area contributed by atoms with E-state index >= 15 is 0 Å². The second kappa shape index (κ2) is 11.5. The van der Waals surface area contributed by atoms with Crippen LogP contribution in [-0.2, 0) is 9.47 Å². The molecule has 36 heavy (non-hydrogen) atoms. The third kappa shape index (κ3) is 6.06. The predicted molar refractivity (Wildman–Crippen MR) is 137 cm³/mol. The molecule has 4 heterocycles. The van der Waals surface area contributed by atoms with Gasteiger partial charge in [-0.2, -0.15) is 0 Å². The summed E-state index contributed by atoms with van der Waals surface area (Å²) >= 11 is 13.6. The Hall–Kier alpha value is -2.09. The lowest BCUT2D eigenvalue weighted by molar-refractivity contribution is -0.938. The molecule has 3 aromatic rings. The van der Waals surface area contributed by atoms with Gasteiger partial charge in [-0.05, 0) is 46.8 Å². The minimum Gasteiger partial charge on any atom is -1.00 e. The molecule has 0 spiro atoms. The number of fused-ring (bicyclic) bond motifs is 3. The number of piperidine rings is 3. The number of nitrogens with zero attached hydrogens (tertiary/aromatic N) is 1. The van der Waals surface area contributed by atoms with E-state index in [-0.39, 0.29) is 24.3 Å². The molecule has 0 radical (unpaired) electrons. The molecular weight excluding hydrogens is 541 g/mol. The Balaban J connectivity index is 0.00000304. The van der Waals surface area contributed by atoms with Crippen LogP contribution in [0.15, 0.2) is 66.0 Å². The van der Waals surface area contributed by atoms with E-state index < -0.39 is 12.3 Å². The summed E-state index contributed by atoms with van der Waals surface area (Å²) in [5, 5.41) is 3.13. The lowest BCUT2D eigenvalue weighted by Gasteiger charge is -2.51. The number of hydrogen-bond donors (Lipinski definition) is 0. The van der Waals surface area contributed by atoms with Crippen molar-refractivity contribution in [1.29, 1.82) is 0 Å². The van der Waals surface area contributed by atoms with Crippen LogP contribution in [0.2, 0.25) is 10.0 Å². The van der Waals surface area contributed by atoms with Crippen LogP contribution in [0.5, 0.6) is 0 Å². The fraction of sp³-hybridized carbons (Fsp3) is 0.333. The number of thiophene rings is 1. The maximum Gasteiger partial charge on any atom is 0.509 e. The average Bonchev–Trinajstić information content (AvgIpc) is 3.40. The minimum absolute atomic E-state index is 0. The zero-order valence-electron chi connectivity index (χ0n) is 19.4. The van der Waals surface area contributed by atoms with Gasteiger partial charge in [0.1, 0.15) is 13.1 Å². The number of rotatable bonds is 7. The van der Waals surface area contributed by atoms with Gasteiger partial charge in [-0.25, -0.2) is 4.79 Å². The van der Waals surface area contributed by atoms with Crippen molar-refractivity contribution in [3.8, 4) is 0 Å². The van der Waals surface area contributed by atoms with E-state index in [1.807, 2.05) is 41.8 Å². The molecule has 1 aromatic heterocycles. The molecule has 9 heteroatoms. The third-order valence-electron chi connectivity index (χ3n) is 7.12. The van der Waals surface area contributed by atoms with Gasteiger partial charge in [0, 0.05) is 28.8 Å². The summed E-state index contributed by atoms with van der Waals surface area (Å²) in [6.45, 7) is 2.97. The van der Waals surface area contributed by atoms with Crippen LogP contribution in [0.3, 0.4) is 0 Å². The fourth-order valence-electron chi connectivity index (χ4n) is 5.25. The second-order valence-corrected chi connectivity index (χ2v) is 11.2.